The SMILES string of the molecule is CCN(CCOC)C(=O)c1ccc(O)cc1. The van der Waals surface area contributed by atoms with Crippen molar-refractivity contribution in [3.8, 4) is 5.75 Å². The van der Waals surface area contributed by atoms with Gasteiger partial charge in [0.15, 0.2) is 0 Å². The smallest absolute Gasteiger partial charge is 0.253 e. The van der Waals surface area contributed by atoms with Gasteiger partial charge in [0.2, 0.25) is 0 Å². The summed E-state index contributed by atoms with van der Waals surface area (Å²) in [6, 6.07) is 6.26. The van der Waals surface area contributed by atoms with Gasteiger partial charge in [-0.25, -0.2) is 0 Å². The van der Waals surface area contributed by atoms with E-state index in [-0.39, 0.29) is 11.7 Å². The van der Waals surface area contributed by atoms with Crippen molar-refractivity contribution in [1.82, 2.24) is 4.90 Å². The van der Waals surface area contributed by atoms with Crippen LogP contribution in [0.1, 0.15) is 17.3 Å². The summed E-state index contributed by atoms with van der Waals surface area (Å²) in [4.78, 5) is 13.7. The van der Waals surface area contributed by atoms with E-state index in [0.29, 0.717) is 25.3 Å². The molecule has 1 aromatic carbocycles. The van der Waals surface area contributed by atoms with Gasteiger partial charge in [-0.1, -0.05) is 0 Å². The van der Waals surface area contributed by atoms with E-state index < -0.39 is 0 Å². The van der Waals surface area contributed by atoms with Crippen LogP contribution >= 0.6 is 0 Å². The molecule has 0 fully saturated rings. The van der Waals surface area contributed by atoms with Crippen molar-refractivity contribution in [2.45, 2.75) is 6.92 Å². The van der Waals surface area contributed by atoms with Crippen molar-refractivity contribution >= 4 is 5.91 Å². The monoisotopic (exact) mass is 223 g/mol. The molecule has 1 amide bonds. The maximum atomic E-state index is 12.0. The second-order valence-corrected chi connectivity index (χ2v) is 3.42. The van der Waals surface area contributed by atoms with Crippen LogP contribution in [0.4, 0.5) is 0 Å². The van der Waals surface area contributed by atoms with Crippen LogP contribution < -0.4 is 0 Å². The maximum Gasteiger partial charge on any atom is 0.253 e. The molecule has 1 N–H and O–H groups in total. The molecule has 0 saturated carbocycles. The second kappa shape index (κ2) is 6.12. The zero-order valence-corrected chi connectivity index (χ0v) is 9.64. The second-order valence-electron chi connectivity index (χ2n) is 3.42. The Bertz CT molecular complexity index is 335. The minimum Gasteiger partial charge on any atom is -0.508 e. The molecule has 1 rings (SSSR count). The van der Waals surface area contributed by atoms with E-state index in [2.05, 4.69) is 0 Å². The lowest BCUT2D eigenvalue weighted by Crippen LogP contribution is -2.33. The van der Waals surface area contributed by atoms with Gasteiger partial charge in [-0.15, -0.1) is 0 Å². The first-order valence-electron chi connectivity index (χ1n) is 5.26. The Hall–Kier alpha value is -1.55. The number of hydrogen-bond acceptors (Lipinski definition) is 3. The predicted octanol–water partition coefficient (Wildman–Crippen LogP) is 1.50. The Balaban J connectivity index is 2.70. The highest BCUT2D eigenvalue weighted by Crippen LogP contribution is 2.11. The number of aromatic hydroxyl groups is 1. The summed E-state index contributed by atoms with van der Waals surface area (Å²) in [5.41, 5.74) is 0.579. The molecule has 0 aliphatic heterocycles. The van der Waals surface area contributed by atoms with Crippen LogP contribution in [0, 0.1) is 0 Å². The van der Waals surface area contributed by atoms with Gasteiger partial charge < -0.3 is 14.7 Å². The molecular formula is C12H17NO3. The lowest BCUT2D eigenvalue weighted by atomic mass is 10.2. The number of phenols is 1. The van der Waals surface area contributed by atoms with E-state index in [0.717, 1.165) is 0 Å². The Morgan fingerprint density at radius 1 is 1.38 bits per heavy atom. The van der Waals surface area contributed by atoms with E-state index >= 15 is 0 Å². The zero-order chi connectivity index (χ0) is 12.0. The average molecular weight is 223 g/mol. The number of likely N-dealkylation sites (N-methyl/N-ethyl adjacent to an activating group) is 1. The molecule has 0 saturated heterocycles. The number of hydrogen-bond donors (Lipinski definition) is 1. The van der Waals surface area contributed by atoms with Gasteiger partial charge in [0.25, 0.3) is 5.91 Å². The standard InChI is InChI=1S/C12H17NO3/c1-3-13(8-9-16-2)12(15)10-4-6-11(14)7-5-10/h4-7,14H,3,8-9H2,1-2H3. The number of phenolic OH excluding ortho intramolecular Hbond substituents is 1. The first kappa shape index (κ1) is 12.5. The van der Waals surface area contributed by atoms with Gasteiger partial charge >= 0.3 is 0 Å². The van der Waals surface area contributed by atoms with Crippen LogP contribution in [-0.4, -0.2) is 42.7 Å². The summed E-state index contributed by atoms with van der Waals surface area (Å²) < 4.78 is 4.95. The molecule has 0 atom stereocenters. The number of ether oxygens (including phenoxy) is 1. The van der Waals surface area contributed by atoms with E-state index in [4.69, 9.17) is 9.84 Å². The molecule has 0 heterocycles. The zero-order valence-electron chi connectivity index (χ0n) is 9.64. The van der Waals surface area contributed by atoms with E-state index in [1.165, 1.54) is 12.1 Å². The van der Waals surface area contributed by atoms with Crippen LogP contribution in [-0.2, 0) is 4.74 Å². The van der Waals surface area contributed by atoms with Gasteiger partial charge in [0.05, 0.1) is 6.61 Å². The third-order valence-corrected chi connectivity index (χ3v) is 2.35. The van der Waals surface area contributed by atoms with E-state index in [9.17, 15) is 4.79 Å². The van der Waals surface area contributed by atoms with E-state index in [1.807, 2.05) is 6.92 Å². The maximum absolute atomic E-state index is 12.0. The van der Waals surface area contributed by atoms with Gasteiger partial charge in [-0.2, -0.15) is 0 Å². The molecule has 0 aliphatic carbocycles. The lowest BCUT2D eigenvalue weighted by molar-refractivity contribution is 0.0706. The molecule has 0 radical (unpaired) electrons. The molecule has 0 aromatic heterocycles. The van der Waals surface area contributed by atoms with Crippen molar-refractivity contribution < 1.29 is 14.6 Å². The van der Waals surface area contributed by atoms with Crippen molar-refractivity contribution in [1.29, 1.82) is 0 Å². The Labute approximate surface area is 95.5 Å². The fourth-order valence-corrected chi connectivity index (χ4v) is 1.39. The molecule has 0 bridgehead atoms. The van der Waals surface area contributed by atoms with Gasteiger partial charge in [-0.05, 0) is 31.2 Å². The summed E-state index contributed by atoms with van der Waals surface area (Å²) in [5, 5.41) is 9.13. The van der Waals surface area contributed by atoms with Crippen LogP contribution in [0.5, 0.6) is 5.75 Å². The van der Waals surface area contributed by atoms with Gasteiger partial charge in [0.1, 0.15) is 5.75 Å². The predicted molar refractivity (Wildman–Crippen MR) is 61.6 cm³/mol. The number of amides is 1. The summed E-state index contributed by atoms with van der Waals surface area (Å²) in [6.45, 7) is 3.67. The van der Waals surface area contributed by atoms with Crippen LogP contribution in [0.2, 0.25) is 0 Å². The van der Waals surface area contributed by atoms with Crippen molar-refractivity contribution in [2.24, 2.45) is 0 Å². The fourth-order valence-electron chi connectivity index (χ4n) is 1.39. The first-order valence-corrected chi connectivity index (χ1v) is 5.26. The third kappa shape index (κ3) is 3.24. The highest BCUT2D eigenvalue weighted by atomic mass is 16.5. The average Bonchev–Trinajstić information content (AvgIpc) is 2.30. The molecule has 16 heavy (non-hydrogen) atoms. The fraction of sp³-hybridized carbons (Fsp3) is 0.417. The molecule has 0 spiro atoms. The minimum absolute atomic E-state index is 0.0421. The normalized spacial score (nSPS) is 10.1. The number of nitrogens with zero attached hydrogens (tertiary/aromatic N) is 1. The van der Waals surface area contributed by atoms with Crippen molar-refractivity contribution in [2.75, 3.05) is 26.8 Å². The van der Waals surface area contributed by atoms with E-state index in [1.54, 1.807) is 24.1 Å². The van der Waals surface area contributed by atoms with Gasteiger partial charge in [-0.3, -0.25) is 4.79 Å². The molecule has 4 nitrogen and oxygen atoms in total. The summed E-state index contributed by atoms with van der Waals surface area (Å²) in [7, 11) is 1.61. The third-order valence-electron chi connectivity index (χ3n) is 2.35. The Morgan fingerprint density at radius 2 is 2.00 bits per heavy atom. The molecule has 0 unspecified atom stereocenters. The number of benzene rings is 1. The lowest BCUT2D eigenvalue weighted by Gasteiger charge is -2.20. The van der Waals surface area contributed by atoms with Crippen LogP contribution in [0.15, 0.2) is 24.3 Å². The van der Waals surface area contributed by atoms with Crippen LogP contribution in [0.25, 0.3) is 0 Å². The summed E-state index contributed by atoms with van der Waals surface area (Å²) in [6.07, 6.45) is 0. The first-order chi connectivity index (χ1) is 7.69. The molecule has 0 aliphatic rings. The van der Waals surface area contributed by atoms with Gasteiger partial charge in [0, 0.05) is 25.8 Å². The number of carbonyl (C=O) groups excluding carboxylic acids is 1. The van der Waals surface area contributed by atoms with Crippen molar-refractivity contribution in [3.05, 3.63) is 29.8 Å². The molecule has 1 aromatic rings. The quantitative estimate of drug-likeness (QED) is 0.823. The molecule has 88 valence electrons. The van der Waals surface area contributed by atoms with Crippen LogP contribution in [0.3, 0.4) is 0 Å². The Morgan fingerprint density at radius 3 is 2.50 bits per heavy atom. The van der Waals surface area contributed by atoms with Crippen molar-refractivity contribution in [3.63, 3.8) is 0 Å². The molecule has 4 heteroatoms. The largest absolute Gasteiger partial charge is 0.508 e. The minimum atomic E-state index is -0.0421. The Kier molecular flexibility index (Phi) is 4.79. The number of carbonyl (C=O) groups is 1. The topological polar surface area (TPSA) is 49.8 Å². The number of rotatable bonds is 5. The highest BCUT2D eigenvalue weighted by Gasteiger charge is 2.13. The number of methoxy groups -OCH3 is 1. The summed E-state index contributed by atoms with van der Waals surface area (Å²) >= 11 is 0. The highest BCUT2D eigenvalue weighted by molar-refractivity contribution is 5.94. The summed E-state index contributed by atoms with van der Waals surface area (Å²) in [5.74, 6) is 0.121. The molecular weight excluding hydrogens is 206 g/mol.